The quantitative estimate of drug-likeness (QED) is 0.560. The predicted octanol–water partition coefficient (Wildman–Crippen LogP) is 3.22. The van der Waals surface area contributed by atoms with Gasteiger partial charge in [-0.25, -0.2) is 4.79 Å². The van der Waals surface area contributed by atoms with Gasteiger partial charge in [0.1, 0.15) is 0 Å². The summed E-state index contributed by atoms with van der Waals surface area (Å²) >= 11 is 0. The van der Waals surface area contributed by atoms with Crippen molar-refractivity contribution in [2.45, 2.75) is 25.7 Å². The molecule has 16 heavy (non-hydrogen) atoms. The van der Waals surface area contributed by atoms with Gasteiger partial charge in [-0.15, -0.1) is 0 Å². The van der Waals surface area contributed by atoms with Crippen LogP contribution in [-0.2, 0) is 4.74 Å². The number of hydrogen-bond acceptors (Lipinski definition) is 2. The summed E-state index contributed by atoms with van der Waals surface area (Å²) < 4.78 is 4.83. The molecule has 0 aromatic heterocycles. The molecule has 1 unspecified atom stereocenters. The van der Waals surface area contributed by atoms with E-state index in [-0.39, 0.29) is 5.97 Å². The van der Waals surface area contributed by atoms with E-state index >= 15 is 0 Å². The molecular weight excluding hydrogens is 200 g/mol. The Kier molecular flexibility index (Phi) is 3.09. The molecule has 0 aliphatic heterocycles. The molecule has 0 saturated carbocycles. The zero-order valence-electron chi connectivity index (χ0n) is 9.69. The third kappa shape index (κ3) is 1.87. The summed E-state index contributed by atoms with van der Waals surface area (Å²) in [7, 11) is 1.43. The van der Waals surface area contributed by atoms with Crippen LogP contribution < -0.4 is 0 Å². The van der Waals surface area contributed by atoms with Crippen LogP contribution in [0.3, 0.4) is 0 Å². The topological polar surface area (TPSA) is 26.3 Å². The van der Waals surface area contributed by atoms with E-state index in [1.54, 1.807) is 0 Å². The van der Waals surface area contributed by atoms with E-state index in [1.165, 1.54) is 12.7 Å². The van der Waals surface area contributed by atoms with E-state index in [0.29, 0.717) is 11.5 Å². The molecule has 0 N–H and O–H groups in total. The average Bonchev–Trinajstić information content (AvgIpc) is 2.81. The lowest BCUT2D eigenvalue weighted by Gasteiger charge is -2.15. The van der Waals surface area contributed by atoms with Gasteiger partial charge in [0.15, 0.2) is 0 Å². The number of carbonyl (C=O) groups excluding carboxylic acids is 1. The summed E-state index contributed by atoms with van der Waals surface area (Å²) in [6, 6.07) is 5.80. The monoisotopic (exact) mass is 216 g/mol. The molecule has 1 aliphatic carbocycles. The minimum absolute atomic E-state index is 0.237. The Bertz CT molecular complexity index is 432. The molecule has 0 radical (unpaired) electrons. The van der Waals surface area contributed by atoms with E-state index in [1.807, 2.05) is 25.1 Å². The van der Waals surface area contributed by atoms with Crippen LogP contribution in [-0.4, -0.2) is 13.1 Å². The van der Waals surface area contributed by atoms with Gasteiger partial charge in [0, 0.05) is 5.92 Å². The van der Waals surface area contributed by atoms with Crippen molar-refractivity contribution in [3.63, 3.8) is 0 Å². The van der Waals surface area contributed by atoms with E-state index in [2.05, 4.69) is 12.2 Å². The van der Waals surface area contributed by atoms with Gasteiger partial charge in [0.25, 0.3) is 0 Å². The number of hydrogen-bond donors (Lipinski definition) is 0. The molecule has 0 spiro atoms. The first-order chi connectivity index (χ1) is 7.74. The van der Waals surface area contributed by atoms with Gasteiger partial charge in [-0.3, -0.25) is 0 Å². The van der Waals surface area contributed by atoms with Crippen molar-refractivity contribution in [2.24, 2.45) is 0 Å². The minimum Gasteiger partial charge on any atom is -0.465 e. The van der Waals surface area contributed by atoms with Gasteiger partial charge in [0.2, 0.25) is 0 Å². The first-order valence-corrected chi connectivity index (χ1v) is 5.58. The molecule has 0 heterocycles. The Morgan fingerprint density at radius 3 is 2.88 bits per heavy atom. The number of aryl methyl sites for hydroxylation is 1. The number of benzene rings is 1. The van der Waals surface area contributed by atoms with E-state index in [9.17, 15) is 4.79 Å². The highest BCUT2D eigenvalue weighted by atomic mass is 16.5. The van der Waals surface area contributed by atoms with Crippen molar-refractivity contribution in [3.8, 4) is 0 Å². The van der Waals surface area contributed by atoms with Crippen molar-refractivity contribution in [3.05, 3.63) is 47.0 Å². The van der Waals surface area contributed by atoms with Crippen molar-refractivity contribution in [1.82, 2.24) is 0 Å². The van der Waals surface area contributed by atoms with Crippen LogP contribution in [0.1, 0.15) is 40.2 Å². The molecule has 1 atom stereocenters. The Hall–Kier alpha value is -1.57. The first-order valence-electron chi connectivity index (χ1n) is 5.58. The molecular formula is C14H16O2. The van der Waals surface area contributed by atoms with Crippen LogP contribution in [0.2, 0.25) is 0 Å². The molecule has 1 aromatic rings. The molecule has 2 heteroatoms. The Labute approximate surface area is 95.9 Å². The number of ether oxygens (including phenoxy) is 1. The fourth-order valence-corrected chi connectivity index (χ4v) is 2.33. The summed E-state index contributed by atoms with van der Waals surface area (Å²) in [4.78, 5) is 11.7. The lowest BCUT2D eigenvalue weighted by atomic mass is 9.90. The van der Waals surface area contributed by atoms with Crippen molar-refractivity contribution in [1.29, 1.82) is 0 Å². The third-order valence-electron chi connectivity index (χ3n) is 3.11. The van der Waals surface area contributed by atoms with Crippen LogP contribution in [0.25, 0.3) is 0 Å². The normalized spacial score (nSPS) is 18.8. The molecule has 0 bridgehead atoms. The number of esters is 1. The van der Waals surface area contributed by atoms with E-state index < -0.39 is 0 Å². The summed E-state index contributed by atoms with van der Waals surface area (Å²) in [5.41, 5.74) is 3.00. The smallest absolute Gasteiger partial charge is 0.338 e. The molecule has 1 aliphatic rings. The maximum atomic E-state index is 11.7. The van der Waals surface area contributed by atoms with Crippen LogP contribution in [0, 0.1) is 6.92 Å². The average molecular weight is 216 g/mol. The fourth-order valence-electron chi connectivity index (χ4n) is 2.33. The highest BCUT2D eigenvalue weighted by Crippen LogP contribution is 2.33. The second-order valence-electron chi connectivity index (χ2n) is 4.14. The van der Waals surface area contributed by atoms with Crippen LogP contribution in [0.5, 0.6) is 0 Å². The van der Waals surface area contributed by atoms with E-state index in [0.717, 1.165) is 18.4 Å². The summed E-state index contributed by atoms with van der Waals surface area (Å²) in [6.07, 6.45) is 6.56. The van der Waals surface area contributed by atoms with Gasteiger partial charge in [-0.2, -0.15) is 0 Å². The maximum Gasteiger partial charge on any atom is 0.338 e. The van der Waals surface area contributed by atoms with Crippen LogP contribution in [0.15, 0.2) is 30.4 Å². The zero-order valence-corrected chi connectivity index (χ0v) is 9.69. The second-order valence-corrected chi connectivity index (χ2v) is 4.14. The van der Waals surface area contributed by atoms with Crippen LogP contribution in [0.4, 0.5) is 0 Å². The Morgan fingerprint density at radius 1 is 1.44 bits per heavy atom. The van der Waals surface area contributed by atoms with E-state index in [4.69, 9.17) is 4.74 Å². The molecule has 2 rings (SSSR count). The summed E-state index contributed by atoms with van der Waals surface area (Å²) in [5.74, 6) is 0.134. The largest absolute Gasteiger partial charge is 0.465 e. The molecule has 84 valence electrons. The van der Waals surface area contributed by atoms with Gasteiger partial charge < -0.3 is 4.74 Å². The Balaban J connectivity index is 2.48. The summed E-state index contributed by atoms with van der Waals surface area (Å²) in [6.45, 7) is 2.05. The van der Waals surface area contributed by atoms with Gasteiger partial charge in [-0.05, 0) is 37.0 Å². The van der Waals surface area contributed by atoms with Gasteiger partial charge >= 0.3 is 5.97 Å². The highest BCUT2D eigenvalue weighted by Gasteiger charge is 2.21. The van der Waals surface area contributed by atoms with Crippen molar-refractivity contribution >= 4 is 5.97 Å². The van der Waals surface area contributed by atoms with Gasteiger partial charge in [0.05, 0.1) is 12.7 Å². The Morgan fingerprint density at radius 2 is 2.25 bits per heavy atom. The molecule has 2 nitrogen and oxygen atoms in total. The number of allylic oxidation sites excluding steroid dienone is 2. The highest BCUT2D eigenvalue weighted by molar-refractivity contribution is 5.91. The number of rotatable bonds is 2. The fraction of sp³-hybridized carbons (Fsp3) is 0.357. The van der Waals surface area contributed by atoms with Gasteiger partial charge in [-0.1, -0.05) is 24.3 Å². The molecule has 0 fully saturated rings. The maximum absolute atomic E-state index is 11.7. The second kappa shape index (κ2) is 4.52. The lowest BCUT2D eigenvalue weighted by molar-refractivity contribution is 0.0599. The van der Waals surface area contributed by atoms with Crippen LogP contribution >= 0.6 is 0 Å². The minimum atomic E-state index is -0.237. The summed E-state index contributed by atoms with van der Waals surface area (Å²) in [5, 5.41) is 0. The SMILES string of the molecule is COC(=O)c1cccc(C)c1C1C=CCC1. The van der Waals surface area contributed by atoms with Crippen molar-refractivity contribution in [2.75, 3.05) is 7.11 Å². The first kappa shape index (κ1) is 10.9. The number of methoxy groups -OCH3 is 1. The molecule has 0 saturated heterocycles. The zero-order chi connectivity index (χ0) is 11.5. The molecule has 1 aromatic carbocycles. The molecule has 0 amide bonds. The standard InChI is InChI=1S/C14H16O2/c1-10-6-5-9-12(14(15)16-2)13(10)11-7-3-4-8-11/h3,5-7,9,11H,4,8H2,1-2H3. The third-order valence-corrected chi connectivity index (χ3v) is 3.11. The lowest BCUT2D eigenvalue weighted by Crippen LogP contribution is -2.09. The predicted molar refractivity (Wildman–Crippen MR) is 63.6 cm³/mol. The van der Waals surface area contributed by atoms with Crippen molar-refractivity contribution < 1.29 is 9.53 Å². The number of carbonyl (C=O) groups is 1.